The Balaban J connectivity index is 1.67. The van der Waals surface area contributed by atoms with Crippen LogP contribution in [0.3, 0.4) is 0 Å². The van der Waals surface area contributed by atoms with E-state index in [1.165, 1.54) is 0 Å². The highest BCUT2D eigenvalue weighted by molar-refractivity contribution is 5.91. The van der Waals surface area contributed by atoms with Gasteiger partial charge in [0, 0.05) is 43.8 Å². The molecule has 4 aromatic heterocycles. The summed E-state index contributed by atoms with van der Waals surface area (Å²) in [6, 6.07) is 6.03. The van der Waals surface area contributed by atoms with Crippen LogP contribution in [0.4, 0.5) is 5.82 Å². The predicted octanol–water partition coefficient (Wildman–Crippen LogP) is 2.55. The molecule has 1 aliphatic heterocycles. The van der Waals surface area contributed by atoms with Crippen LogP contribution in [-0.2, 0) is 6.54 Å². The van der Waals surface area contributed by atoms with Gasteiger partial charge in [-0.15, -0.1) is 0 Å². The lowest BCUT2D eigenvalue weighted by atomic mass is 9.89. The second-order valence-electron chi connectivity index (χ2n) is 8.95. The Bertz CT molecular complexity index is 1320. The maximum atomic E-state index is 12.8. The van der Waals surface area contributed by atoms with E-state index in [2.05, 4.69) is 53.0 Å². The molecule has 168 valence electrons. The zero-order chi connectivity index (χ0) is 22.4. The minimum absolute atomic E-state index is 0.244. The third-order valence-electron chi connectivity index (χ3n) is 6.76. The lowest BCUT2D eigenvalue weighted by molar-refractivity contribution is 0.283. The van der Waals surface area contributed by atoms with Crippen molar-refractivity contribution in [3.05, 3.63) is 41.1 Å². The van der Waals surface area contributed by atoms with E-state index in [0.29, 0.717) is 34.9 Å². The molecule has 32 heavy (non-hydrogen) atoms. The van der Waals surface area contributed by atoms with Crippen LogP contribution < -0.4 is 15.9 Å². The summed E-state index contributed by atoms with van der Waals surface area (Å²) in [7, 11) is 0. The molecule has 0 saturated carbocycles. The summed E-state index contributed by atoms with van der Waals surface area (Å²) in [4.78, 5) is 27.3. The summed E-state index contributed by atoms with van der Waals surface area (Å²) in [6.07, 6.45) is 3.54. The Morgan fingerprint density at radius 1 is 1.28 bits per heavy atom. The van der Waals surface area contributed by atoms with Crippen molar-refractivity contribution in [2.75, 3.05) is 24.5 Å². The van der Waals surface area contributed by atoms with Gasteiger partial charge in [0.25, 0.3) is 0 Å². The number of piperazine rings is 1. The molecule has 4 aromatic rings. The monoisotopic (exact) mass is 434 g/mol. The summed E-state index contributed by atoms with van der Waals surface area (Å²) < 4.78 is 3.59. The summed E-state index contributed by atoms with van der Waals surface area (Å²) in [6.45, 7) is 12.3. The summed E-state index contributed by atoms with van der Waals surface area (Å²) in [5.74, 6) is 2.59. The molecule has 0 spiro atoms. The number of anilines is 1. The molecule has 0 aliphatic carbocycles. The van der Waals surface area contributed by atoms with E-state index in [1.54, 1.807) is 10.8 Å². The van der Waals surface area contributed by atoms with Gasteiger partial charge in [-0.25, -0.2) is 19.3 Å². The number of hydrogen-bond donors (Lipinski definition) is 2. The molecule has 1 fully saturated rings. The topological polar surface area (TPSA) is 96.7 Å². The molecule has 9 heteroatoms. The largest absolute Gasteiger partial charge is 0.352 e. The molecule has 5 rings (SSSR count). The van der Waals surface area contributed by atoms with Crippen molar-refractivity contribution in [3.8, 4) is 5.82 Å². The molecule has 9 nitrogen and oxygen atoms in total. The third kappa shape index (κ3) is 3.37. The van der Waals surface area contributed by atoms with Gasteiger partial charge in [0.15, 0.2) is 11.5 Å². The quantitative estimate of drug-likeness (QED) is 0.501. The lowest BCUT2D eigenvalue weighted by Gasteiger charge is -2.39. The van der Waals surface area contributed by atoms with Gasteiger partial charge in [0.1, 0.15) is 11.3 Å². The first-order chi connectivity index (χ1) is 15.5. The number of imidazole rings is 1. The van der Waals surface area contributed by atoms with E-state index in [0.717, 1.165) is 42.9 Å². The minimum Gasteiger partial charge on any atom is -0.352 e. The molecule has 0 amide bonds. The molecule has 2 N–H and O–H groups in total. The molecule has 1 saturated heterocycles. The van der Waals surface area contributed by atoms with E-state index in [4.69, 9.17) is 4.98 Å². The maximum absolute atomic E-state index is 12.8. The lowest BCUT2D eigenvalue weighted by Crippen LogP contribution is -2.54. The van der Waals surface area contributed by atoms with Crippen molar-refractivity contribution in [2.45, 2.75) is 40.3 Å². The average Bonchev–Trinajstić information content (AvgIpc) is 3.37. The highest BCUT2D eigenvalue weighted by Crippen LogP contribution is 2.30. The van der Waals surface area contributed by atoms with Crippen molar-refractivity contribution >= 4 is 27.9 Å². The summed E-state index contributed by atoms with van der Waals surface area (Å²) >= 11 is 0. The van der Waals surface area contributed by atoms with E-state index in [-0.39, 0.29) is 5.69 Å². The number of rotatable bonds is 5. The van der Waals surface area contributed by atoms with Crippen LogP contribution in [0.15, 0.2) is 35.4 Å². The molecule has 0 radical (unpaired) electrons. The highest BCUT2D eigenvalue weighted by atomic mass is 16.1. The second-order valence-corrected chi connectivity index (χ2v) is 8.95. The molecule has 1 aliphatic rings. The zero-order valence-electron chi connectivity index (χ0n) is 19.0. The Morgan fingerprint density at radius 3 is 2.91 bits per heavy atom. The molecular formula is C23H30N8O. The second kappa shape index (κ2) is 8.05. The number of H-pyrrole nitrogens is 1. The average molecular weight is 435 g/mol. The van der Waals surface area contributed by atoms with Gasteiger partial charge < -0.3 is 10.2 Å². The maximum Gasteiger partial charge on any atom is 0.333 e. The molecular weight excluding hydrogens is 404 g/mol. The first-order valence-corrected chi connectivity index (χ1v) is 11.4. The number of hydrogen-bond acceptors (Lipinski definition) is 6. The van der Waals surface area contributed by atoms with Crippen LogP contribution in [0, 0.1) is 11.8 Å². The van der Waals surface area contributed by atoms with Crippen LogP contribution in [0.1, 0.15) is 27.7 Å². The smallest absolute Gasteiger partial charge is 0.333 e. The van der Waals surface area contributed by atoms with Crippen molar-refractivity contribution in [1.29, 1.82) is 0 Å². The van der Waals surface area contributed by atoms with Crippen LogP contribution in [-0.4, -0.2) is 55.0 Å². The van der Waals surface area contributed by atoms with Crippen LogP contribution in [0.25, 0.3) is 27.9 Å². The van der Waals surface area contributed by atoms with Gasteiger partial charge in [-0.1, -0.05) is 20.8 Å². The molecule has 2 unspecified atom stereocenters. The Labute approximate surface area is 186 Å². The fourth-order valence-corrected chi connectivity index (χ4v) is 4.61. The first-order valence-electron chi connectivity index (χ1n) is 11.4. The molecule has 0 bridgehead atoms. The Hall–Kier alpha value is -3.20. The molecule has 0 aromatic carbocycles. The van der Waals surface area contributed by atoms with Gasteiger partial charge in [-0.2, -0.15) is 5.10 Å². The number of nitrogens with one attached hydrogen (secondary N) is 2. The van der Waals surface area contributed by atoms with Crippen molar-refractivity contribution in [1.82, 2.24) is 34.6 Å². The fraction of sp³-hybridized carbons (Fsp3) is 0.478. The summed E-state index contributed by atoms with van der Waals surface area (Å²) in [5.41, 5.74) is 2.04. The predicted molar refractivity (Wildman–Crippen MR) is 126 cm³/mol. The van der Waals surface area contributed by atoms with Gasteiger partial charge in [-0.05, 0) is 37.0 Å². The number of aromatic amines is 1. The highest BCUT2D eigenvalue weighted by Gasteiger charge is 2.29. The van der Waals surface area contributed by atoms with Crippen LogP contribution in [0.5, 0.6) is 0 Å². The first kappa shape index (κ1) is 20.7. The number of aromatic nitrogens is 6. The van der Waals surface area contributed by atoms with Gasteiger partial charge >= 0.3 is 5.69 Å². The molecule has 2 atom stereocenters. The van der Waals surface area contributed by atoms with Crippen LogP contribution in [0.2, 0.25) is 0 Å². The standard InChI is InChI=1S/C23H30N8O/c1-5-30-20-16(12-26-30)11-19(31-18-7-6-8-25-21(18)28-23(31)32)27-22(20)29-10-9-24-17(13-29)15(4)14(2)3/h6-8,11-12,14-15,17,24H,5,9-10,13H2,1-4H3,(H,25,28,32). The zero-order valence-corrected chi connectivity index (χ0v) is 19.0. The number of fused-ring (bicyclic) bond motifs is 2. The Kier molecular flexibility index (Phi) is 5.21. The van der Waals surface area contributed by atoms with Gasteiger partial charge in [0.05, 0.1) is 11.7 Å². The summed E-state index contributed by atoms with van der Waals surface area (Å²) in [5, 5.41) is 9.25. The van der Waals surface area contributed by atoms with Crippen molar-refractivity contribution in [2.24, 2.45) is 11.8 Å². The van der Waals surface area contributed by atoms with E-state index in [9.17, 15) is 4.79 Å². The fourth-order valence-electron chi connectivity index (χ4n) is 4.61. The molecule has 5 heterocycles. The minimum atomic E-state index is -0.244. The Morgan fingerprint density at radius 2 is 2.12 bits per heavy atom. The SMILES string of the molecule is CCn1ncc2cc(-n3c(=O)[nH]c4ncccc43)nc(N3CCNC(C(C)C(C)C)C3)c21. The van der Waals surface area contributed by atoms with Crippen molar-refractivity contribution in [3.63, 3.8) is 0 Å². The third-order valence-corrected chi connectivity index (χ3v) is 6.76. The van der Waals surface area contributed by atoms with Crippen molar-refractivity contribution < 1.29 is 0 Å². The number of aryl methyl sites for hydroxylation is 1. The number of nitrogens with zero attached hydrogens (tertiary/aromatic N) is 6. The van der Waals surface area contributed by atoms with Gasteiger partial charge in [-0.3, -0.25) is 9.67 Å². The van der Waals surface area contributed by atoms with Crippen LogP contribution >= 0.6 is 0 Å². The normalized spacial score (nSPS) is 18.2. The number of pyridine rings is 2. The van der Waals surface area contributed by atoms with E-state index >= 15 is 0 Å². The van der Waals surface area contributed by atoms with E-state index < -0.39 is 0 Å². The van der Waals surface area contributed by atoms with E-state index in [1.807, 2.05) is 29.1 Å². The van der Waals surface area contributed by atoms with Gasteiger partial charge in [0.2, 0.25) is 0 Å².